The number of esters is 1. The maximum atomic E-state index is 12.2. The van der Waals surface area contributed by atoms with Crippen LogP contribution in [0.2, 0.25) is 0 Å². The zero-order valence-corrected chi connectivity index (χ0v) is 11.3. The Hall–Kier alpha value is -0.530. The molecule has 2 nitrogen and oxygen atoms in total. The molecule has 0 amide bonds. The van der Waals surface area contributed by atoms with Crippen molar-refractivity contribution < 1.29 is 9.53 Å². The first kappa shape index (κ1) is 13.5. The van der Waals surface area contributed by atoms with Crippen LogP contribution in [-0.4, -0.2) is 11.6 Å². The zero-order valence-electron chi connectivity index (χ0n) is 11.3. The van der Waals surface area contributed by atoms with Crippen LogP contribution in [0.4, 0.5) is 0 Å². The van der Waals surface area contributed by atoms with Gasteiger partial charge in [0.15, 0.2) is 0 Å². The molecule has 0 N–H and O–H groups in total. The van der Waals surface area contributed by atoms with Gasteiger partial charge in [0.25, 0.3) is 0 Å². The Morgan fingerprint density at radius 3 is 2.25 bits per heavy atom. The largest absolute Gasteiger partial charge is 0.459 e. The van der Waals surface area contributed by atoms with Gasteiger partial charge in [0.2, 0.25) is 0 Å². The Balaban J connectivity index is 2.61. The van der Waals surface area contributed by atoms with Crippen molar-refractivity contribution in [1.29, 1.82) is 0 Å². The highest BCUT2D eigenvalue weighted by molar-refractivity contribution is 5.76. The van der Waals surface area contributed by atoms with Crippen molar-refractivity contribution in [2.24, 2.45) is 5.41 Å². The molecule has 0 aliphatic heterocycles. The first-order valence-corrected chi connectivity index (χ1v) is 6.69. The summed E-state index contributed by atoms with van der Waals surface area (Å²) in [4.78, 5) is 12.2. The van der Waals surface area contributed by atoms with Crippen LogP contribution in [-0.2, 0) is 9.53 Å². The minimum absolute atomic E-state index is 0.00176. The van der Waals surface area contributed by atoms with E-state index in [4.69, 9.17) is 4.74 Å². The van der Waals surface area contributed by atoms with Crippen molar-refractivity contribution in [3.05, 3.63) is 0 Å². The lowest BCUT2D eigenvalue weighted by atomic mass is 9.87. The quantitative estimate of drug-likeness (QED) is 0.660. The SMILES string of the molecule is CCCC(C)(C)C(=O)OC1(CC)CCCC1. The van der Waals surface area contributed by atoms with Crippen molar-refractivity contribution in [3.63, 3.8) is 0 Å². The summed E-state index contributed by atoms with van der Waals surface area (Å²) in [6, 6.07) is 0. The highest BCUT2D eigenvalue weighted by Crippen LogP contribution is 2.38. The zero-order chi connectivity index (χ0) is 12.2. The molecule has 1 rings (SSSR count). The minimum Gasteiger partial charge on any atom is -0.459 e. The summed E-state index contributed by atoms with van der Waals surface area (Å²) in [7, 11) is 0. The van der Waals surface area contributed by atoms with Crippen LogP contribution < -0.4 is 0 Å². The maximum absolute atomic E-state index is 12.2. The third kappa shape index (κ3) is 2.99. The first-order chi connectivity index (χ1) is 7.46. The fourth-order valence-corrected chi connectivity index (χ4v) is 2.61. The Labute approximate surface area is 99.8 Å². The van der Waals surface area contributed by atoms with E-state index in [0.29, 0.717) is 0 Å². The third-order valence-corrected chi connectivity index (χ3v) is 3.90. The first-order valence-electron chi connectivity index (χ1n) is 6.69. The molecule has 0 saturated heterocycles. The molecule has 1 saturated carbocycles. The van der Waals surface area contributed by atoms with Crippen LogP contribution in [0.15, 0.2) is 0 Å². The van der Waals surface area contributed by atoms with Crippen molar-refractivity contribution in [1.82, 2.24) is 0 Å². The number of hydrogen-bond acceptors (Lipinski definition) is 2. The van der Waals surface area contributed by atoms with Gasteiger partial charge in [-0.3, -0.25) is 4.79 Å². The Bertz CT molecular complexity index is 237. The lowest BCUT2D eigenvalue weighted by molar-refractivity contribution is -0.171. The highest BCUT2D eigenvalue weighted by atomic mass is 16.6. The molecule has 0 spiro atoms. The average molecular weight is 226 g/mol. The van der Waals surface area contributed by atoms with Crippen molar-refractivity contribution >= 4 is 5.97 Å². The molecule has 1 aliphatic rings. The normalized spacial score (nSPS) is 19.8. The molecule has 0 radical (unpaired) electrons. The van der Waals surface area contributed by atoms with Crippen molar-refractivity contribution in [3.8, 4) is 0 Å². The lowest BCUT2D eigenvalue weighted by Gasteiger charge is -2.32. The number of rotatable bonds is 5. The van der Waals surface area contributed by atoms with Gasteiger partial charge >= 0.3 is 5.97 Å². The maximum Gasteiger partial charge on any atom is 0.312 e. The second kappa shape index (κ2) is 5.20. The topological polar surface area (TPSA) is 26.3 Å². The van der Waals surface area contributed by atoms with Crippen LogP contribution in [0.3, 0.4) is 0 Å². The molecule has 0 atom stereocenters. The number of carbonyl (C=O) groups excluding carboxylic acids is 1. The molecule has 94 valence electrons. The van der Waals surface area contributed by atoms with Crippen LogP contribution in [0.25, 0.3) is 0 Å². The van der Waals surface area contributed by atoms with E-state index < -0.39 is 0 Å². The number of carbonyl (C=O) groups is 1. The summed E-state index contributed by atoms with van der Waals surface area (Å²) in [5.41, 5.74) is -0.457. The van der Waals surface area contributed by atoms with E-state index >= 15 is 0 Å². The molecule has 0 bridgehead atoms. The van der Waals surface area contributed by atoms with Crippen molar-refractivity contribution in [2.45, 2.75) is 78.2 Å². The van der Waals surface area contributed by atoms with E-state index in [1.54, 1.807) is 0 Å². The average Bonchev–Trinajstić information content (AvgIpc) is 2.67. The Morgan fingerprint density at radius 2 is 1.81 bits per heavy atom. The molecular formula is C14H26O2. The lowest BCUT2D eigenvalue weighted by Crippen LogP contribution is -2.37. The van der Waals surface area contributed by atoms with Gasteiger partial charge in [-0.15, -0.1) is 0 Å². The molecule has 0 aromatic rings. The number of hydrogen-bond donors (Lipinski definition) is 0. The monoisotopic (exact) mass is 226 g/mol. The summed E-state index contributed by atoms with van der Waals surface area (Å²) < 4.78 is 5.83. The fourth-order valence-electron chi connectivity index (χ4n) is 2.61. The molecule has 1 aliphatic carbocycles. The standard InChI is InChI=1S/C14H26O2/c1-5-9-13(3,4)12(15)16-14(6-2)10-7-8-11-14/h5-11H2,1-4H3. The fraction of sp³-hybridized carbons (Fsp3) is 0.929. The van der Waals surface area contributed by atoms with Gasteiger partial charge < -0.3 is 4.74 Å². The van der Waals surface area contributed by atoms with Gasteiger partial charge in [0, 0.05) is 0 Å². The molecule has 0 unspecified atom stereocenters. The van der Waals surface area contributed by atoms with Crippen LogP contribution in [0, 0.1) is 5.41 Å². The predicted molar refractivity (Wildman–Crippen MR) is 66.3 cm³/mol. The summed E-state index contributed by atoms with van der Waals surface area (Å²) in [6.07, 6.45) is 7.41. The second-order valence-corrected chi connectivity index (χ2v) is 5.77. The van der Waals surface area contributed by atoms with E-state index in [0.717, 1.165) is 32.1 Å². The molecule has 0 heterocycles. The minimum atomic E-state index is -0.320. The Morgan fingerprint density at radius 1 is 1.25 bits per heavy atom. The van der Waals surface area contributed by atoms with Gasteiger partial charge in [0.1, 0.15) is 5.60 Å². The molecule has 0 aromatic carbocycles. The van der Waals surface area contributed by atoms with Gasteiger partial charge in [-0.05, 0) is 52.4 Å². The smallest absolute Gasteiger partial charge is 0.312 e. The van der Waals surface area contributed by atoms with Crippen LogP contribution in [0.5, 0.6) is 0 Å². The van der Waals surface area contributed by atoms with Gasteiger partial charge in [-0.2, -0.15) is 0 Å². The van der Waals surface area contributed by atoms with Gasteiger partial charge in [-0.25, -0.2) is 0 Å². The van der Waals surface area contributed by atoms with E-state index in [9.17, 15) is 4.79 Å². The van der Waals surface area contributed by atoms with Crippen LogP contribution >= 0.6 is 0 Å². The van der Waals surface area contributed by atoms with E-state index in [1.807, 2.05) is 13.8 Å². The highest BCUT2D eigenvalue weighted by Gasteiger charge is 2.39. The molecular weight excluding hydrogens is 200 g/mol. The van der Waals surface area contributed by atoms with E-state index in [2.05, 4.69) is 13.8 Å². The Kier molecular flexibility index (Phi) is 4.40. The summed E-state index contributed by atoms with van der Waals surface area (Å²) in [6.45, 7) is 8.24. The second-order valence-electron chi connectivity index (χ2n) is 5.77. The molecule has 1 fully saturated rings. The summed E-state index contributed by atoms with van der Waals surface area (Å²) >= 11 is 0. The van der Waals surface area contributed by atoms with Crippen LogP contribution in [0.1, 0.15) is 72.6 Å². The summed E-state index contributed by atoms with van der Waals surface area (Å²) in [5, 5.41) is 0. The molecule has 0 aromatic heterocycles. The predicted octanol–water partition coefficient (Wildman–Crippen LogP) is 4.08. The summed E-state index contributed by atoms with van der Waals surface area (Å²) in [5.74, 6) is -0.00176. The molecule has 2 heteroatoms. The van der Waals surface area contributed by atoms with E-state index in [1.165, 1.54) is 12.8 Å². The molecule has 16 heavy (non-hydrogen) atoms. The van der Waals surface area contributed by atoms with Crippen molar-refractivity contribution in [2.75, 3.05) is 0 Å². The van der Waals surface area contributed by atoms with Gasteiger partial charge in [0.05, 0.1) is 5.41 Å². The van der Waals surface area contributed by atoms with Gasteiger partial charge in [-0.1, -0.05) is 20.3 Å². The third-order valence-electron chi connectivity index (χ3n) is 3.90. The number of ether oxygens (including phenoxy) is 1. The van der Waals surface area contributed by atoms with E-state index in [-0.39, 0.29) is 17.0 Å².